The number of aryl methyl sites for hydroxylation is 1. The second kappa shape index (κ2) is 8.29. The van der Waals surface area contributed by atoms with Crippen molar-refractivity contribution in [3.05, 3.63) is 95.6 Å². The minimum atomic E-state index is -0.829. The Labute approximate surface area is 174 Å². The number of ketones is 1. The van der Waals surface area contributed by atoms with Crippen LogP contribution in [0.4, 0.5) is 5.69 Å². The molecule has 0 radical (unpaired) electrons. The highest BCUT2D eigenvalue weighted by Gasteiger charge is 2.45. The molecule has 1 aromatic heterocycles. The maximum atomic E-state index is 13.1. The molecule has 0 bridgehead atoms. The van der Waals surface area contributed by atoms with Crippen molar-refractivity contribution in [2.75, 3.05) is 12.0 Å². The fraction of sp³-hybridized carbons (Fsp3) is 0.167. The first kappa shape index (κ1) is 19.5. The van der Waals surface area contributed by atoms with Crippen LogP contribution in [0.1, 0.15) is 23.8 Å². The van der Waals surface area contributed by atoms with Crippen molar-refractivity contribution < 1.29 is 23.8 Å². The van der Waals surface area contributed by atoms with Gasteiger partial charge in [0.1, 0.15) is 17.6 Å². The van der Waals surface area contributed by atoms with Crippen LogP contribution in [0.3, 0.4) is 0 Å². The number of hydrogen-bond acceptors (Lipinski definition) is 5. The summed E-state index contributed by atoms with van der Waals surface area (Å²) in [6.07, 6.45) is 2.16. The van der Waals surface area contributed by atoms with Crippen LogP contribution in [0.2, 0.25) is 0 Å². The molecule has 0 saturated heterocycles. The Bertz CT molecular complexity index is 1070. The molecule has 1 amide bonds. The first-order valence-corrected chi connectivity index (χ1v) is 9.61. The quantitative estimate of drug-likeness (QED) is 0.633. The van der Waals surface area contributed by atoms with E-state index in [9.17, 15) is 14.7 Å². The lowest BCUT2D eigenvalue weighted by Crippen LogP contribution is -2.30. The molecule has 1 N–H and O–H groups in total. The fourth-order valence-electron chi connectivity index (χ4n) is 3.65. The molecule has 2 aromatic carbocycles. The summed E-state index contributed by atoms with van der Waals surface area (Å²) < 4.78 is 10.7. The summed E-state index contributed by atoms with van der Waals surface area (Å²) in [4.78, 5) is 27.4. The third kappa shape index (κ3) is 3.59. The number of rotatable bonds is 7. The van der Waals surface area contributed by atoms with Gasteiger partial charge < -0.3 is 14.3 Å². The summed E-state index contributed by atoms with van der Waals surface area (Å²) in [6, 6.07) is 19.0. The molecule has 0 fully saturated rings. The molecule has 0 aliphatic carbocycles. The van der Waals surface area contributed by atoms with E-state index in [-0.39, 0.29) is 17.8 Å². The van der Waals surface area contributed by atoms with Gasteiger partial charge in [-0.3, -0.25) is 14.5 Å². The Hall–Kier alpha value is -3.80. The first-order valence-electron chi connectivity index (χ1n) is 9.61. The van der Waals surface area contributed by atoms with Crippen molar-refractivity contribution in [2.24, 2.45) is 0 Å². The van der Waals surface area contributed by atoms with Crippen LogP contribution in [0.15, 0.2) is 88.7 Å². The van der Waals surface area contributed by atoms with Gasteiger partial charge >= 0.3 is 0 Å². The van der Waals surface area contributed by atoms with E-state index in [0.29, 0.717) is 23.6 Å². The number of ether oxygens (including phenoxy) is 1. The van der Waals surface area contributed by atoms with Crippen LogP contribution in [0.25, 0.3) is 0 Å². The van der Waals surface area contributed by atoms with Gasteiger partial charge in [0.25, 0.3) is 5.91 Å². The SMILES string of the molecule is COc1ccc(N2C(=O)C(O)=C(C(=O)CCc3ccccc3)C2c2ccco2)cc1. The van der Waals surface area contributed by atoms with E-state index in [1.54, 1.807) is 43.5 Å². The summed E-state index contributed by atoms with van der Waals surface area (Å²) in [5.41, 5.74) is 1.60. The lowest BCUT2D eigenvalue weighted by atomic mass is 9.96. The van der Waals surface area contributed by atoms with E-state index < -0.39 is 17.7 Å². The highest BCUT2D eigenvalue weighted by molar-refractivity contribution is 6.16. The normalized spacial score (nSPS) is 16.2. The van der Waals surface area contributed by atoms with Crippen molar-refractivity contribution in [1.82, 2.24) is 0 Å². The average Bonchev–Trinajstić information content (AvgIpc) is 3.40. The van der Waals surface area contributed by atoms with E-state index in [1.807, 2.05) is 30.3 Å². The Morgan fingerprint density at radius 1 is 1.07 bits per heavy atom. The van der Waals surface area contributed by atoms with Crippen molar-refractivity contribution in [2.45, 2.75) is 18.9 Å². The number of aliphatic hydroxyl groups excluding tert-OH is 1. The largest absolute Gasteiger partial charge is 0.503 e. The van der Waals surface area contributed by atoms with E-state index in [0.717, 1.165) is 5.56 Å². The molecular weight excluding hydrogens is 382 g/mol. The van der Waals surface area contributed by atoms with Crippen LogP contribution in [0, 0.1) is 0 Å². The average molecular weight is 403 g/mol. The number of methoxy groups -OCH3 is 1. The van der Waals surface area contributed by atoms with Gasteiger partial charge in [-0.15, -0.1) is 0 Å². The van der Waals surface area contributed by atoms with Crippen molar-refractivity contribution >= 4 is 17.4 Å². The van der Waals surface area contributed by atoms with Crippen LogP contribution >= 0.6 is 0 Å². The van der Waals surface area contributed by atoms with Gasteiger partial charge in [-0.05, 0) is 48.4 Å². The van der Waals surface area contributed by atoms with Gasteiger partial charge in [0.05, 0.1) is 18.9 Å². The molecule has 3 aromatic rings. The van der Waals surface area contributed by atoms with Crippen molar-refractivity contribution in [3.8, 4) is 5.75 Å². The highest BCUT2D eigenvalue weighted by atomic mass is 16.5. The Morgan fingerprint density at radius 3 is 2.43 bits per heavy atom. The number of aliphatic hydroxyl groups is 1. The van der Waals surface area contributed by atoms with Crippen LogP contribution in [-0.4, -0.2) is 23.9 Å². The number of benzene rings is 2. The van der Waals surface area contributed by atoms with Crippen LogP contribution in [-0.2, 0) is 16.0 Å². The molecule has 152 valence electrons. The summed E-state index contributed by atoms with van der Waals surface area (Å²) >= 11 is 0. The highest BCUT2D eigenvalue weighted by Crippen LogP contribution is 2.41. The van der Waals surface area contributed by atoms with Crippen LogP contribution in [0.5, 0.6) is 5.75 Å². The third-order valence-electron chi connectivity index (χ3n) is 5.16. The van der Waals surface area contributed by atoms with Gasteiger partial charge in [0.15, 0.2) is 11.5 Å². The van der Waals surface area contributed by atoms with Crippen molar-refractivity contribution in [3.63, 3.8) is 0 Å². The maximum Gasteiger partial charge on any atom is 0.294 e. The zero-order chi connectivity index (χ0) is 21.1. The van der Waals surface area contributed by atoms with E-state index in [4.69, 9.17) is 9.15 Å². The Kier molecular flexibility index (Phi) is 5.39. The monoisotopic (exact) mass is 403 g/mol. The predicted molar refractivity (Wildman–Crippen MR) is 111 cm³/mol. The summed E-state index contributed by atoms with van der Waals surface area (Å²) in [5, 5.41) is 10.6. The molecule has 30 heavy (non-hydrogen) atoms. The molecule has 4 rings (SSSR count). The molecule has 1 aliphatic heterocycles. The lowest BCUT2D eigenvalue weighted by molar-refractivity contribution is -0.118. The number of amides is 1. The molecule has 1 unspecified atom stereocenters. The van der Waals surface area contributed by atoms with Crippen molar-refractivity contribution in [1.29, 1.82) is 0 Å². The van der Waals surface area contributed by atoms with Crippen LogP contribution < -0.4 is 9.64 Å². The van der Waals surface area contributed by atoms with E-state index in [2.05, 4.69) is 0 Å². The molecular formula is C24H21NO5. The number of Topliss-reactive ketones (excluding diaryl/α,β-unsaturated/α-hetero) is 1. The summed E-state index contributed by atoms with van der Waals surface area (Å²) in [6.45, 7) is 0. The second-order valence-electron chi connectivity index (χ2n) is 6.96. The molecule has 0 saturated carbocycles. The number of anilines is 1. The zero-order valence-corrected chi connectivity index (χ0v) is 16.4. The lowest BCUT2D eigenvalue weighted by Gasteiger charge is -2.25. The summed E-state index contributed by atoms with van der Waals surface area (Å²) in [5.74, 6) is -0.417. The minimum absolute atomic E-state index is 0.0571. The number of hydrogen-bond donors (Lipinski definition) is 1. The maximum absolute atomic E-state index is 13.1. The Morgan fingerprint density at radius 2 is 1.80 bits per heavy atom. The van der Waals surface area contributed by atoms with E-state index >= 15 is 0 Å². The van der Waals surface area contributed by atoms with Gasteiger partial charge in [-0.25, -0.2) is 0 Å². The van der Waals surface area contributed by atoms with Gasteiger partial charge in [-0.1, -0.05) is 30.3 Å². The smallest absolute Gasteiger partial charge is 0.294 e. The fourth-order valence-corrected chi connectivity index (χ4v) is 3.65. The molecule has 6 heteroatoms. The number of carbonyl (C=O) groups excluding carboxylic acids is 2. The van der Waals surface area contributed by atoms with E-state index in [1.165, 1.54) is 11.2 Å². The zero-order valence-electron chi connectivity index (χ0n) is 16.4. The standard InChI is InChI=1S/C24H21NO5/c1-29-18-12-10-17(11-13-18)25-22(20-8-5-15-30-20)21(23(27)24(25)28)19(26)14-9-16-6-3-2-4-7-16/h2-8,10-13,15,22,27H,9,14H2,1H3. The topological polar surface area (TPSA) is 80.0 Å². The summed E-state index contributed by atoms with van der Waals surface area (Å²) in [7, 11) is 1.55. The Balaban J connectivity index is 1.67. The van der Waals surface area contributed by atoms with Gasteiger partial charge in [0.2, 0.25) is 0 Å². The van der Waals surface area contributed by atoms with Gasteiger partial charge in [0, 0.05) is 12.1 Å². The molecule has 6 nitrogen and oxygen atoms in total. The predicted octanol–water partition coefficient (Wildman–Crippen LogP) is 4.39. The number of nitrogens with zero attached hydrogens (tertiary/aromatic N) is 1. The molecule has 1 atom stereocenters. The van der Waals surface area contributed by atoms with Gasteiger partial charge in [-0.2, -0.15) is 0 Å². The molecule has 2 heterocycles. The second-order valence-corrected chi connectivity index (χ2v) is 6.96. The first-order chi connectivity index (χ1) is 14.6. The molecule has 1 aliphatic rings. The molecule has 0 spiro atoms. The number of furan rings is 1. The third-order valence-corrected chi connectivity index (χ3v) is 5.16. The minimum Gasteiger partial charge on any atom is -0.503 e. The number of carbonyl (C=O) groups is 2.